The lowest BCUT2D eigenvalue weighted by molar-refractivity contribution is -0.136. The van der Waals surface area contributed by atoms with Gasteiger partial charge in [0.2, 0.25) is 11.7 Å². The van der Waals surface area contributed by atoms with E-state index >= 15 is 0 Å². The summed E-state index contributed by atoms with van der Waals surface area (Å²) >= 11 is 0.942. The zero-order valence-corrected chi connectivity index (χ0v) is 17.9. The van der Waals surface area contributed by atoms with Gasteiger partial charge in [-0.1, -0.05) is 36.0 Å². The second-order valence-corrected chi connectivity index (χ2v) is 8.19. The maximum absolute atomic E-state index is 13.4. The molecule has 32 heavy (non-hydrogen) atoms. The van der Waals surface area contributed by atoms with E-state index < -0.39 is 18.6 Å². The first-order valence-corrected chi connectivity index (χ1v) is 10.6. The first-order chi connectivity index (χ1) is 15.2. The van der Waals surface area contributed by atoms with Gasteiger partial charge in [-0.15, -0.1) is 10.2 Å². The van der Waals surface area contributed by atoms with E-state index in [0.29, 0.717) is 16.6 Å². The van der Waals surface area contributed by atoms with Gasteiger partial charge in [0.1, 0.15) is 6.54 Å². The lowest BCUT2D eigenvalue weighted by atomic mass is 10.1. The van der Waals surface area contributed by atoms with Crippen molar-refractivity contribution in [1.29, 1.82) is 0 Å². The summed E-state index contributed by atoms with van der Waals surface area (Å²) in [4.78, 5) is 25.2. The number of aryl methyl sites for hydroxylation is 2. The Morgan fingerprint density at radius 1 is 1.12 bits per heavy atom. The molecule has 2 heterocycles. The zero-order chi connectivity index (χ0) is 23.0. The summed E-state index contributed by atoms with van der Waals surface area (Å²) in [6, 6.07) is 12.6. The fourth-order valence-electron chi connectivity index (χ4n) is 3.33. The Balaban J connectivity index is 1.83. The highest BCUT2D eigenvalue weighted by molar-refractivity contribution is 7.99. The van der Waals surface area contributed by atoms with Gasteiger partial charge in [-0.05, 0) is 43.2 Å². The molecule has 0 aliphatic heterocycles. The fraction of sp³-hybridized carbons (Fsp3) is 0.238. The number of rotatable bonds is 5. The molecule has 166 valence electrons. The smallest absolute Gasteiger partial charge is 0.346 e. The molecule has 0 saturated heterocycles. The van der Waals surface area contributed by atoms with Crippen molar-refractivity contribution in [3.63, 3.8) is 0 Å². The summed E-state index contributed by atoms with van der Waals surface area (Å²) in [7, 11) is 0. The molecule has 0 unspecified atom stereocenters. The maximum Gasteiger partial charge on any atom is 0.405 e. The number of hydrogen-bond acceptors (Lipinski definition) is 5. The average Bonchev–Trinajstić information content (AvgIpc) is 3.16. The van der Waals surface area contributed by atoms with Gasteiger partial charge < -0.3 is 5.32 Å². The third-order valence-corrected chi connectivity index (χ3v) is 5.75. The molecule has 11 heteroatoms. The minimum absolute atomic E-state index is 0.251. The molecule has 1 amide bonds. The van der Waals surface area contributed by atoms with Crippen LogP contribution in [0.3, 0.4) is 0 Å². The number of amides is 1. The van der Waals surface area contributed by atoms with E-state index in [1.54, 1.807) is 28.7 Å². The zero-order valence-electron chi connectivity index (χ0n) is 17.1. The summed E-state index contributed by atoms with van der Waals surface area (Å²) in [6.45, 7) is 2.39. The lowest BCUT2D eigenvalue weighted by Gasteiger charge is -2.14. The SMILES string of the molecule is Cc1ccc(C)c(-n2c(=O)c3ccccc3n3c(SCC(=O)NCC(F)(F)F)nnc23)c1. The van der Waals surface area contributed by atoms with Gasteiger partial charge in [0.05, 0.1) is 22.3 Å². The third-order valence-electron chi connectivity index (χ3n) is 4.82. The van der Waals surface area contributed by atoms with E-state index in [9.17, 15) is 22.8 Å². The van der Waals surface area contributed by atoms with Gasteiger partial charge in [-0.25, -0.2) is 4.57 Å². The van der Waals surface area contributed by atoms with Crippen LogP contribution in [-0.4, -0.2) is 43.5 Å². The number of carbonyl (C=O) groups is 1. The Hall–Kier alpha value is -3.34. The van der Waals surface area contributed by atoms with Crippen molar-refractivity contribution in [2.75, 3.05) is 12.3 Å². The highest BCUT2D eigenvalue weighted by Gasteiger charge is 2.28. The van der Waals surface area contributed by atoms with Gasteiger partial charge in [0, 0.05) is 0 Å². The summed E-state index contributed by atoms with van der Waals surface area (Å²) in [5.74, 6) is -0.815. The lowest BCUT2D eigenvalue weighted by Crippen LogP contribution is -2.34. The molecule has 4 rings (SSSR count). The molecule has 0 radical (unpaired) electrons. The first-order valence-electron chi connectivity index (χ1n) is 9.58. The molecule has 1 N–H and O–H groups in total. The predicted octanol–water partition coefficient (Wildman–Crippen LogP) is 3.42. The number of para-hydroxylation sites is 1. The minimum atomic E-state index is -4.49. The number of benzene rings is 2. The monoisotopic (exact) mass is 461 g/mol. The standard InChI is InChI=1S/C21H18F3N5O2S/c1-12-7-8-13(2)16(9-12)28-18(31)14-5-3-4-6-15(14)29-19(28)26-27-20(29)32-10-17(30)25-11-21(22,23)24/h3-9H,10-11H2,1-2H3,(H,25,30). The Bertz CT molecular complexity index is 1390. The Morgan fingerprint density at radius 2 is 1.88 bits per heavy atom. The molecule has 0 bridgehead atoms. The average molecular weight is 461 g/mol. The second kappa shape index (κ2) is 8.30. The Kier molecular flexibility index (Phi) is 5.68. The number of carbonyl (C=O) groups excluding carboxylic acids is 1. The third kappa shape index (κ3) is 4.20. The van der Waals surface area contributed by atoms with Crippen molar-refractivity contribution >= 4 is 34.3 Å². The van der Waals surface area contributed by atoms with Crippen LogP contribution >= 0.6 is 11.8 Å². The summed E-state index contributed by atoms with van der Waals surface area (Å²) < 4.78 is 40.1. The largest absolute Gasteiger partial charge is 0.405 e. The number of nitrogens with zero attached hydrogens (tertiary/aromatic N) is 4. The highest BCUT2D eigenvalue weighted by Crippen LogP contribution is 2.24. The van der Waals surface area contributed by atoms with Gasteiger partial charge in [-0.2, -0.15) is 13.2 Å². The number of nitrogens with one attached hydrogen (secondary N) is 1. The van der Waals surface area contributed by atoms with Gasteiger partial charge in [-0.3, -0.25) is 14.0 Å². The normalized spacial score (nSPS) is 11.9. The van der Waals surface area contributed by atoms with E-state index in [-0.39, 0.29) is 22.2 Å². The van der Waals surface area contributed by atoms with Crippen LogP contribution < -0.4 is 10.9 Å². The first kappa shape index (κ1) is 21.9. The molecule has 0 aliphatic rings. The quantitative estimate of drug-likeness (QED) is 0.461. The molecule has 0 atom stereocenters. The molecule has 0 spiro atoms. The Labute approximate surface area is 184 Å². The molecular formula is C21H18F3N5O2S. The van der Waals surface area contributed by atoms with Crippen LogP contribution in [0.25, 0.3) is 22.4 Å². The van der Waals surface area contributed by atoms with E-state index in [1.807, 2.05) is 37.4 Å². The van der Waals surface area contributed by atoms with E-state index in [1.165, 1.54) is 4.57 Å². The fourth-order valence-corrected chi connectivity index (χ4v) is 4.10. The topological polar surface area (TPSA) is 81.3 Å². The molecule has 2 aromatic carbocycles. The number of halogens is 3. The summed E-state index contributed by atoms with van der Waals surface area (Å²) in [5, 5.41) is 10.8. The molecule has 0 fully saturated rings. The predicted molar refractivity (Wildman–Crippen MR) is 115 cm³/mol. The van der Waals surface area contributed by atoms with Crippen molar-refractivity contribution in [2.45, 2.75) is 25.2 Å². The van der Waals surface area contributed by atoms with Crippen molar-refractivity contribution in [3.8, 4) is 5.69 Å². The molecule has 2 aromatic heterocycles. The molecular weight excluding hydrogens is 443 g/mol. The second-order valence-electron chi connectivity index (χ2n) is 7.25. The molecule has 0 saturated carbocycles. The Morgan fingerprint density at radius 3 is 2.62 bits per heavy atom. The van der Waals surface area contributed by atoms with Crippen LogP contribution in [0.1, 0.15) is 11.1 Å². The summed E-state index contributed by atoms with van der Waals surface area (Å²) in [6.07, 6.45) is -4.49. The maximum atomic E-state index is 13.4. The van der Waals surface area contributed by atoms with Crippen LogP contribution in [0.15, 0.2) is 52.4 Å². The minimum Gasteiger partial charge on any atom is -0.346 e. The van der Waals surface area contributed by atoms with Gasteiger partial charge >= 0.3 is 6.18 Å². The van der Waals surface area contributed by atoms with Crippen molar-refractivity contribution in [3.05, 3.63) is 63.9 Å². The summed E-state index contributed by atoms with van der Waals surface area (Å²) in [5.41, 5.74) is 2.74. The number of fused-ring (bicyclic) bond motifs is 3. The number of hydrogen-bond donors (Lipinski definition) is 1. The highest BCUT2D eigenvalue weighted by atomic mass is 32.2. The van der Waals surface area contributed by atoms with Crippen LogP contribution in [0.4, 0.5) is 13.2 Å². The molecule has 7 nitrogen and oxygen atoms in total. The van der Waals surface area contributed by atoms with E-state index in [2.05, 4.69) is 10.2 Å². The molecule has 0 aliphatic carbocycles. The van der Waals surface area contributed by atoms with Crippen LogP contribution in [-0.2, 0) is 4.79 Å². The van der Waals surface area contributed by atoms with Crippen molar-refractivity contribution in [1.82, 2.24) is 24.5 Å². The van der Waals surface area contributed by atoms with Gasteiger partial charge in [0.25, 0.3) is 5.56 Å². The number of aromatic nitrogens is 4. The van der Waals surface area contributed by atoms with E-state index in [0.717, 1.165) is 22.9 Å². The van der Waals surface area contributed by atoms with Crippen molar-refractivity contribution in [2.24, 2.45) is 0 Å². The van der Waals surface area contributed by atoms with Gasteiger partial charge in [0.15, 0.2) is 5.16 Å². The van der Waals surface area contributed by atoms with Crippen LogP contribution in [0.2, 0.25) is 0 Å². The van der Waals surface area contributed by atoms with Crippen LogP contribution in [0.5, 0.6) is 0 Å². The number of thioether (sulfide) groups is 1. The number of alkyl halides is 3. The van der Waals surface area contributed by atoms with Crippen molar-refractivity contribution < 1.29 is 18.0 Å². The van der Waals surface area contributed by atoms with Crippen LogP contribution in [0, 0.1) is 13.8 Å². The molecule has 4 aromatic rings. The van der Waals surface area contributed by atoms with E-state index in [4.69, 9.17) is 0 Å².